The van der Waals surface area contributed by atoms with Crippen LogP contribution in [-0.4, -0.2) is 63.4 Å². The first-order valence-corrected chi connectivity index (χ1v) is 5.03. The van der Waals surface area contributed by atoms with Crippen LogP contribution in [0.1, 0.15) is 6.92 Å². The molecule has 98 valence electrons. The Labute approximate surface area is 96.8 Å². The zero-order chi connectivity index (χ0) is 13.2. The molecule has 1 aliphatic rings. The summed E-state index contributed by atoms with van der Waals surface area (Å²) < 4.78 is 4.73. The monoisotopic (exact) mass is 249 g/mol. The van der Waals surface area contributed by atoms with Crippen LogP contribution in [0.25, 0.3) is 0 Å². The molecule has 17 heavy (non-hydrogen) atoms. The zero-order valence-electron chi connectivity index (χ0n) is 9.11. The van der Waals surface area contributed by atoms with E-state index in [0.29, 0.717) is 0 Å². The minimum absolute atomic E-state index is 0.613. The number of carboxylic acids is 1. The minimum Gasteiger partial charge on any atom is -0.480 e. The van der Waals surface area contributed by atoms with E-state index in [-0.39, 0.29) is 0 Å². The molecule has 1 aliphatic heterocycles. The van der Waals surface area contributed by atoms with Crippen LogP contribution in [0.2, 0.25) is 0 Å². The number of hydrogen-bond donors (Lipinski definition) is 5. The summed E-state index contributed by atoms with van der Waals surface area (Å²) in [6, 6.07) is 0. The first-order chi connectivity index (χ1) is 7.84. The van der Waals surface area contributed by atoms with E-state index < -0.39 is 48.9 Å². The highest BCUT2D eigenvalue weighted by Crippen LogP contribution is 2.24. The van der Waals surface area contributed by atoms with Crippen LogP contribution in [0.15, 0.2) is 0 Å². The number of ether oxygens (including phenoxy) is 1. The van der Waals surface area contributed by atoms with Gasteiger partial charge < -0.3 is 30.5 Å². The standard InChI is InChI=1S/C9H15NO7/c1-3-5(13)7(17-9(16)6(3)14)8(15)10-2-4(11)12/h3,5-7,9,13-14,16H,2H2,1H3,(H,10,15)(H,11,12). The van der Waals surface area contributed by atoms with E-state index in [4.69, 9.17) is 9.84 Å². The third kappa shape index (κ3) is 3.13. The molecule has 0 aliphatic carbocycles. The lowest BCUT2D eigenvalue weighted by Gasteiger charge is -2.38. The summed E-state index contributed by atoms with van der Waals surface area (Å²) in [5.41, 5.74) is 0. The average molecular weight is 249 g/mol. The van der Waals surface area contributed by atoms with Crippen LogP contribution in [-0.2, 0) is 14.3 Å². The Bertz CT molecular complexity index is 308. The first-order valence-electron chi connectivity index (χ1n) is 5.03. The van der Waals surface area contributed by atoms with Crippen LogP contribution < -0.4 is 5.32 Å². The van der Waals surface area contributed by atoms with E-state index in [1.807, 2.05) is 5.32 Å². The average Bonchev–Trinajstić information content (AvgIpc) is 2.28. The molecule has 8 heteroatoms. The van der Waals surface area contributed by atoms with Crippen molar-refractivity contribution in [3.8, 4) is 0 Å². The lowest BCUT2D eigenvalue weighted by molar-refractivity contribution is -0.260. The van der Waals surface area contributed by atoms with Gasteiger partial charge in [-0.25, -0.2) is 0 Å². The predicted octanol–water partition coefficient (Wildman–Crippen LogP) is -2.74. The Morgan fingerprint density at radius 2 is 1.82 bits per heavy atom. The molecule has 0 aromatic rings. The maximum atomic E-state index is 11.5. The highest BCUT2D eigenvalue weighted by Gasteiger charge is 2.44. The van der Waals surface area contributed by atoms with E-state index in [9.17, 15) is 24.9 Å². The molecule has 0 saturated carbocycles. The number of aliphatic hydroxyl groups is 3. The first kappa shape index (κ1) is 13.8. The summed E-state index contributed by atoms with van der Waals surface area (Å²) in [5.74, 6) is -2.85. The molecule has 0 aromatic carbocycles. The third-order valence-electron chi connectivity index (χ3n) is 2.64. The van der Waals surface area contributed by atoms with Gasteiger partial charge in [0.2, 0.25) is 0 Å². The number of aliphatic hydroxyl groups excluding tert-OH is 3. The van der Waals surface area contributed by atoms with Gasteiger partial charge in [0, 0.05) is 5.92 Å². The fraction of sp³-hybridized carbons (Fsp3) is 0.778. The minimum atomic E-state index is -1.59. The SMILES string of the molecule is CC1C(O)C(O)OC(C(=O)NCC(=O)O)C1O. The normalized spacial score (nSPS) is 37.5. The molecule has 0 spiro atoms. The summed E-state index contributed by atoms with van der Waals surface area (Å²) in [5, 5.41) is 38.7. The molecule has 0 bridgehead atoms. The number of hydrogen-bond acceptors (Lipinski definition) is 6. The van der Waals surface area contributed by atoms with Crippen LogP contribution in [0.5, 0.6) is 0 Å². The van der Waals surface area contributed by atoms with Gasteiger partial charge in [0.25, 0.3) is 5.91 Å². The largest absolute Gasteiger partial charge is 0.480 e. The Balaban J connectivity index is 2.63. The molecule has 0 radical (unpaired) electrons. The summed E-state index contributed by atoms with van der Waals surface area (Å²) in [6.45, 7) is 0.830. The molecule has 1 amide bonds. The van der Waals surface area contributed by atoms with Gasteiger partial charge in [0.1, 0.15) is 12.6 Å². The third-order valence-corrected chi connectivity index (χ3v) is 2.64. The number of carboxylic acid groups (broad SMARTS) is 1. The molecule has 0 aromatic heterocycles. The highest BCUT2D eigenvalue weighted by molar-refractivity contribution is 5.85. The van der Waals surface area contributed by atoms with Crippen molar-refractivity contribution in [2.45, 2.75) is 31.5 Å². The van der Waals surface area contributed by atoms with Gasteiger partial charge in [-0.2, -0.15) is 0 Å². The summed E-state index contributed by atoms with van der Waals surface area (Å²) in [4.78, 5) is 21.7. The van der Waals surface area contributed by atoms with Crippen LogP contribution in [0.3, 0.4) is 0 Å². The molecular weight excluding hydrogens is 234 g/mol. The molecule has 5 atom stereocenters. The lowest BCUT2D eigenvalue weighted by atomic mass is 9.90. The van der Waals surface area contributed by atoms with E-state index in [1.54, 1.807) is 0 Å². The van der Waals surface area contributed by atoms with Crippen molar-refractivity contribution in [2.75, 3.05) is 6.54 Å². The fourth-order valence-electron chi connectivity index (χ4n) is 1.53. The Hall–Kier alpha value is -1.22. The topological polar surface area (TPSA) is 136 Å². The maximum absolute atomic E-state index is 11.5. The Morgan fingerprint density at radius 3 is 2.35 bits per heavy atom. The smallest absolute Gasteiger partial charge is 0.322 e. The van der Waals surface area contributed by atoms with Crippen molar-refractivity contribution in [3.63, 3.8) is 0 Å². The number of nitrogens with one attached hydrogen (secondary N) is 1. The predicted molar refractivity (Wildman–Crippen MR) is 52.7 cm³/mol. The van der Waals surface area contributed by atoms with Crippen LogP contribution in [0.4, 0.5) is 0 Å². The van der Waals surface area contributed by atoms with E-state index in [1.165, 1.54) is 6.92 Å². The van der Waals surface area contributed by atoms with Crippen molar-refractivity contribution in [1.29, 1.82) is 0 Å². The molecule has 5 N–H and O–H groups in total. The molecule has 1 rings (SSSR count). The second-order valence-electron chi connectivity index (χ2n) is 3.90. The number of aliphatic carboxylic acids is 1. The number of carbonyl (C=O) groups excluding carboxylic acids is 1. The molecule has 1 fully saturated rings. The van der Waals surface area contributed by atoms with Gasteiger partial charge in [-0.3, -0.25) is 9.59 Å². The van der Waals surface area contributed by atoms with E-state index in [0.717, 1.165) is 0 Å². The van der Waals surface area contributed by atoms with Crippen molar-refractivity contribution in [2.24, 2.45) is 5.92 Å². The van der Waals surface area contributed by atoms with Crippen LogP contribution in [0, 0.1) is 5.92 Å². The number of amides is 1. The van der Waals surface area contributed by atoms with Crippen molar-refractivity contribution >= 4 is 11.9 Å². The summed E-state index contributed by atoms with van der Waals surface area (Å²) >= 11 is 0. The molecule has 1 saturated heterocycles. The lowest BCUT2D eigenvalue weighted by Crippen LogP contribution is -2.58. The number of rotatable bonds is 3. The Morgan fingerprint density at radius 1 is 1.24 bits per heavy atom. The fourth-order valence-corrected chi connectivity index (χ4v) is 1.53. The van der Waals surface area contributed by atoms with Gasteiger partial charge in [-0.15, -0.1) is 0 Å². The maximum Gasteiger partial charge on any atom is 0.322 e. The van der Waals surface area contributed by atoms with Crippen LogP contribution >= 0.6 is 0 Å². The van der Waals surface area contributed by atoms with Crippen molar-refractivity contribution in [3.05, 3.63) is 0 Å². The molecule has 8 nitrogen and oxygen atoms in total. The van der Waals surface area contributed by atoms with Gasteiger partial charge in [0.15, 0.2) is 12.4 Å². The van der Waals surface area contributed by atoms with E-state index in [2.05, 4.69) is 0 Å². The van der Waals surface area contributed by atoms with Crippen molar-refractivity contribution in [1.82, 2.24) is 5.32 Å². The molecule has 1 heterocycles. The van der Waals surface area contributed by atoms with Gasteiger partial charge in [-0.05, 0) is 0 Å². The molecular formula is C9H15NO7. The van der Waals surface area contributed by atoms with Gasteiger partial charge >= 0.3 is 5.97 Å². The van der Waals surface area contributed by atoms with Gasteiger partial charge in [-0.1, -0.05) is 6.92 Å². The second kappa shape index (κ2) is 5.41. The highest BCUT2D eigenvalue weighted by atomic mass is 16.6. The summed E-state index contributed by atoms with van der Waals surface area (Å²) in [6.07, 6.45) is -5.60. The number of carbonyl (C=O) groups is 2. The Kier molecular flexibility index (Phi) is 4.40. The second-order valence-corrected chi connectivity index (χ2v) is 3.90. The van der Waals surface area contributed by atoms with Crippen molar-refractivity contribution < 1.29 is 34.8 Å². The van der Waals surface area contributed by atoms with Gasteiger partial charge in [0.05, 0.1) is 6.10 Å². The quantitative estimate of drug-likeness (QED) is 0.366. The van der Waals surface area contributed by atoms with E-state index >= 15 is 0 Å². The zero-order valence-corrected chi connectivity index (χ0v) is 9.11. The summed E-state index contributed by atoms with van der Waals surface area (Å²) in [7, 11) is 0. The molecule has 5 unspecified atom stereocenters.